The average molecular weight is 145 g/mol. The van der Waals surface area contributed by atoms with Gasteiger partial charge in [0, 0.05) is 20.0 Å². The van der Waals surface area contributed by atoms with E-state index in [-0.39, 0.29) is 5.91 Å². The molecule has 4 nitrogen and oxygen atoms in total. The number of hydrazine groups is 1. The maximum Gasteiger partial charge on any atom is 0.216 e. The summed E-state index contributed by atoms with van der Waals surface area (Å²) in [5.41, 5.74) is 2.54. The van der Waals surface area contributed by atoms with Crippen molar-refractivity contribution in [1.82, 2.24) is 10.7 Å². The minimum absolute atomic E-state index is 0.00358. The number of amides is 1. The molecule has 0 heterocycles. The molecule has 0 saturated carbocycles. The van der Waals surface area contributed by atoms with Crippen LogP contribution in [-0.4, -0.2) is 19.0 Å². The monoisotopic (exact) mass is 145 g/mol. The Kier molecular flexibility index (Phi) is 4.88. The minimum atomic E-state index is 0.00358. The Balaban J connectivity index is 3.21. The third-order valence-corrected chi connectivity index (χ3v) is 1.17. The van der Waals surface area contributed by atoms with Gasteiger partial charge in [-0.05, 0) is 5.92 Å². The molecule has 0 fully saturated rings. The number of hydrogen-bond donors (Lipinski definition) is 3. The number of nitrogens with one attached hydrogen (secondary N) is 2. The number of hydrogen-bond acceptors (Lipinski definition) is 3. The lowest BCUT2D eigenvalue weighted by atomic mass is 10.2. The number of carbonyl (C=O) groups excluding carboxylic acids is 1. The van der Waals surface area contributed by atoms with Gasteiger partial charge in [0.05, 0.1) is 0 Å². The lowest BCUT2D eigenvalue weighted by molar-refractivity contribution is -0.119. The summed E-state index contributed by atoms with van der Waals surface area (Å²) in [4.78, 5) is 10.4. The van der Waals surface area contributed by atoms with Crippen LogP contribution in [0.5, 0.6) is 0 Å². The molecular formula is C6H15N3O. The van der Waals surface area contributed by atoms with E-state index in [1.54, 1.807) is 0 Å². The Morgan fingerprint density at radius 3 is 2.60 bits per heavy atom. The Morgan fingerprint density at radius 1 is 1.60 bits per heavy atom. The molecule has 0 aromatic carbocycles. The van der Waals surface area contributed by atoms with E-state index >= 15 is 0 Å². The normalized spacial score (nSPS) is 12.7. The molecule has 0 aliphatic carbocycles. The van der Waals surface area contributed by atoms with Crippen LogP contribution in [0, 0.1) is 5.92 Å². The predicted octanol–water partition coefficient (Wildman–Crippen LogP) is -0.778. The van der Waals surface area contributed by atoms with Gasteiger partial charge in [0.15, 0.2) is 0 Å². The summed E-state index contributed by atoms with van der Waals surface area (Å²) < 4.78 is 0. The van der Waals surface area contributed by atoms with Gasteiger partial charge in [-0.1, -0.05) is 6.92 Å². The van der Waals surface area contributed by atoms with Gasteiger partial charge in [-0.2, -0.15) is 0 Å². The van der Waals surface area contributed by atoms with Crippen molar-refractivity contribution in [2.45, 2.75) is 13.8 Å². The van der Waals surface area contributed by atoms with Gasteiger partial charge in [-0.15, -0.1) is 0 Å². The molecular weight excluding hydrogens is 130 g/mol. The summed E-state index contributed by atoms with van der Waals surface area (Å²) in [6.45, 7) is 4.91. The van der Waals surface area contributed by atoms with Crippen LogP contribution in [0.2, 0.25) is 0 Å². The molecule has 1 amide bonds. The van der Waals surface area contributed by atoms with E-state index in [1.807, 2.05) is 6.92 Å². The highest BCUT2D eigenvalue weighted by Gasteiger charge is 1.99. The molecule has 4 heteroatoms. The standard InChI is InChI=1S/C6H15N3O/c1-5(4-9-7)3-8-6(2)10/h5,9H,3-4,7H2,1-2H3,(H,8,10). The molecule has 0 spiro atoms. The molecule has 0 aliphatic heterocycles. The third-order valence-electron chi connectivity index (χ3n) is 1.17. The molecule has 0 rings (SSSR count). The Morgan fingerprint density at radius 2 is 2.20 bits per heavy atom. The molecule has 1 atom stereocenters. The summed E-state index contributed by atoms with van der Waals surface area (Å²) in [5.74, 6) is 5.46. The van der Waals surface area contributed by atoms with Crippen molar-refractivity contribution >= 4 is 5.91 Å². The molecule has 0 bridgehead atoms. The highest BCUT2D eigenvalue weighted by molar-refractivity contribution is 5.72. The molecule has 1 unspecified atom stereocenters. The van der Waals surface area contributed by atoms with Gasteiger partial charge in [0.1, 0.15) is 0 Å². The summed E-state index contributed by atoms with van der Waals surface area (Å²) in [6, 6.07) is 0. The summed E-state index contributed by atoms with van der Waals surface area (Å²) >= 11 is 0. The molecule has 10 heavy (non-hydrogen) atoms. The maximum atomic E-state index is 10.4. The van der Waals surface area contributed by atoms with Crippen LogP contribution in [0.15, 0.2) is 0 Å². The van der Waals surface area contributed by atoms with Crippen molar-refractivity contribution in [3.63, 3.8) is 0 Å². The van der Waals surface area contributed by atoms with Crippen molar-refractivity contribution in [1.29, 1.82) is 0 Å². The quantitative estimate of drug-likeness (QED) is 0.359. The first-order valence-corrected chi connectivity index (χ1v) is 3.34. The molecule has 60 valence electrons. The zero-order chi connectivity index (χ0) is 7.98. The van der Waals surface area contributed by atoms with E-state index < -0.39 is 0 Å². The Bertz CT molecular complexity index is 105. The van der Waals surface area contributed by atoms with Crippen LogP contribution < -0.4 is 16.6 Å². The topological polar surface area (TPSA) is 67.2 Å². The van der Waals surface area contributed by atoms with Crippen molar-refractivity contribution in [2.75, 3.05) is 13.1 Å². The third kappa shape index (κ3) is 5.53. The van der Waals surface area contributed by atoms with Crippen LogP contribution in [-0.2, 0) is 4.79 Å². The first-order valence-electron chi connectivity index (χ1n) is 3.34. The van der Waals surface area contributed by atoms with Crippen molar-refractivity contribution < 1.29 is 4.79 Å². The minimum Gasteiger partial charge on any atom is -0.356 e. The van der Waals surface area contributed by atoms with Gasteiger partial charge in [0.25, 0.3) is 0 Å². The first-order chi connectivity index (χ1) is 4.66. The smallest absolute Gasteiger partial charge is 0.216 e. The van der Waals surface area contributed by atoms with Crippen molar-refractivity contribution in [3.8, 4) is 0 Å². The zero-order valence-electron chi connectivity index (χ0n) is 6.48. The van der Waals surface area contributed by atoms with Crippen molar-refractivity contribution in [2.24, 2.45) is 11.8 Å². The summed E-state index contributed by atoms with van der Waals surface area (Å²) in [5, 5.41) is 2.70. The van der Waals surface area contributed by atoms with Crippen LogP contribution in [0.25, 0.3) is 0 Å². The van der Waals surface area contributed by atoms with E-state index in [0.717, 1.165) is 6.54 Å². The highest BCUT2D eigenvalue weighted by atomic mass is 16.1. The van der Waals surface area contributed by atoms with Crippen LogP contribution in [0.3, 0.4) is 0 Å². The van der Waals surface area contributed by atoms with E-state index in [0.29, 0.717) is 12.5 Å². The summed E-state index contributed by atoms with van der Waals surface area (Å²) in [7, 11) is 0. The van der Waals surface area contributed by atoms with E-state index in [9.17, 15) is 4.79 Å². The second-order valence-electron chi connectivity index (χ2n) is 2.45. The Hall–Kier alpha value is -0.610. The number of carbonyl (C=O) groups is 1. The fourth-order valence-corrected chi connectivity index (χ4v) is 0.591. The van der Waals surface area contributed by atoms with E-state index in [2.05, 4.69) is 10.7 Å². The fourth-order valence-electron chi connectivity index (χ4n) is 0.591. The van der Waals surface area contributed by atoms with Gasteiger partial charge in [-0.3, -0.25) is 16.1 Å². The van der Waals surface area contributed by atoms with Crippen LogP contribution in [0.1, 0.15) is 13.8 Å². The molecule has 0 aromatic rings. The molecule has 4 N–H and O–H groups in total. The number of rotatable bonds is 4. The second-order valence-corrected chi connectivity index (χ2v) is 2.45. The fraction of sp³-hybridized carbons (Fsp3) is 0.833. The molecule has 0 aromatic heterocycles. The number of nitrogens with two attached hydrogens (primary N) is 1. The highest BCUT2D eigenvalue weighted by Crippen LogP contribution is 1.87. The lowest BCUT2D eigenvalue weighted by Gasteiger charge is -2.09. The van der Waals surface area contributed by atoms with Gasteiger partial charge in [0.2, 0.25) is 5.91 Å². The maximum absolute atomic E-state index is 10.4. The molecule has 0 saturated heterocycles. The van der Waals surface area contributed by atoms with Gasteiger partial charge < -0.3 is 5.32 Å². The molecule has 0 radical (unpaired) electrons. The molecule has 0 aliphatic rings. The van der Waals surface area contributed by atoms with Gasteiger partial charge >= 0.3 is 0 Å². The largest absolute Gasteiger partial charge is 0.356 e. The summed E-state index contributed by atoms with van der Waals surface area (Å²) in [6.07, 6.45) is 0. The second kappa shape index (κ2) is 5.20. The average Bonchev–Trinajstić information content (AvgIpc) is 1.85. The SMILES string of the molecule is CC(=O)NCC(C)CNN. The lowest BCUT2D eigenvalue weighted by Crippen LogP contribution is -2.34. The zero-order valence-corrected chi connectivity index (χ0v) is 6.48. The van der Waals surface area contributed by atoms with Crippen molar-refractivity contribution in [3.05, 3.63) is 0 Å². The first kappa shape index (κ1) is 9.39. The predicted molar refractivity (Wildman–Crippen MR) is 40.0 cm³/mol. The van der Waals surface area contributed by atoms with Gasteiger partial charge in [-0.25, -0.2) is 0 Å². The van der Waals surface area contributed by atoms with Crippen LogP contribution in [0.4, 0.5) is 0 Å². The van der Waals surface area contributed by atoms with Crippen LogP contribution >= 0.6 is 0 Å². The Labute approximate surface area is 61.1 Å². The van der Waals surface area contributed by atoms with E-state index in [4.69, 9.17) is 5.84 Å². The van der Waals surface area contributed by atoms with E-state index in [1.165, 1.54) is 6.92 Å².